The maximum absolute atomic E-state index is 12.0. The van der Waals surface area contributed by atoms with E-state index in [0.717, 1.165) is 5.56 Å². The smallest absolute Gasteiger partial charge is 0.437 e. The van der Waals surface area contributed by atoms with Crippen LogP contribution in [0.2, 0.25) is 5.02 Å². The monoisotopic (exact) mass is 344 g/mol. The Labute approximate surface area is 144 Å². The van der Waals surface area contributed by atoms with Crippen molar-refractivity contribution in [1.29, 1.82) is 0 Å². The van der Waals surface area contributed by atoms with Crippen LogP contribution >= 0.6 is 11.6 Å². The molecular formula is C18H17ClN2O3. The van der Waals surface area contributed by atoms with Gasteiger partial charge in [-0.25, -0.2) is 4.79 Å². The summed E-state index contributed by atoms with van der Waals surface area (Å²) in [5.41, 5.74) is 1.60. The molecule has 0 fully saturated rings. The lowest BCUT2D eigenvalue weighted by Crippen LogP contribution is -2.16. The van der Waals surface area contributed by atoms with Gasteiger partial charge < -0.3 is 9.15 Å². The van der Waals surface area contributed by atoms with Crippen molar-refractivity contribution in [2.75, 3.05) is 0 Å². The van der Waals surface area contributed by atoms with Gasteiger partial charge in [0.2, 0.25) is 5.89 Å². The molecule has 124 valence electrons. The molecular weight excluding hydrogens is 328 g/mol. The van der Waals surface area contributed by atoms with E-state index in [4.69, 9.17) is 20.8 Å². The fourth-order valence-electron chi connectivity index (χ4n) is 2.26. The van der Waals surface area contributed by atoms with Gasteiger partial charge in [0, 0.05) is 5.56 Å². The molecule has 0 saturated carbocycles. The first kappa shape index (κ1) is 16.3. The van der Waals surface area contributed by atoms with Gasteiger partial charge in [-0.05, 0) is 37.6 Å². The van der Waals surface area contributed by atoms with E-state index in [-0.39, 0.29) is 12.0 Å². The molecule has 0 aliphatic heterocycles. The molecule has 3 rings (SSSR count). The van der Waals surface area contributed by atoms with Gasteiger partial charge in [-0.3, -0.25) is 0 Å². The second-order valence-electron chi connectivity index (χ2n) is 5.63. The number of nitrogens with zero attached hydrogens (tertiary/aromatic N) is 2. The van der Waals surface area contributed by atoms with Crippen molar-refractivity contribution >= 4 is 11.6 Å². The third-order valence-electron chi connectivity index (χ3n) is 3.32. The molecule has 3 aromatic rings. The molecule has 6 heteroatoms. The third kappa shape index (κ3) is 3.68. The molecule has 5 nitrogen and oxygen atoms in total. The zero-order valence-electron chi connectivity index (χ0n) is 13.4. The highest BCUT2D eigenvalue weighted by Crippen LogP contribution is 2.30. The summed E-state index contributed by atoms with van der Waals surface area (Å²) in [6, 6.07) is 14.8. The standard InChI is InChI=1S/C18H17ClN2O3/c1-12(2)23-16-9-8-14(10-15(16)19)17-20-21(18(22)24-17)11-13-6-4-3-5-7-13/h3-10,12H,11H2,1-2H3. The predicted octanol–water partition coefficient (Wildman–Crippen LogP) is 3.99. The topological polar surface area (TPSA) is 57.3 Å². The summed E-state index contributed by atoms with van der Waals surface area (Å²) >= 11 is 6.22. The SMILES string of the molecule is CC(C)Oc1ccc(-c2nn(Cc3ccccc3)c(=O)o2)cc1Cl. The minimum absolute atomic E-state index is 0.0244. The highest BCUT2D eigenvalue weighted by atomic mass is 35.5. The molecule has 0 aliphatic carbocycles. The van der Waals surface area contributed by atoms with Crippen LogP contribution in [0.5, 0.6) is 5.75 Å². The first-order valence-electron chi connectivity index (χ1n) is 7.61. The fourth-order valence-corrected chi connectivity index (χ4v) is 2.49. The van der Waals surface area contributed by atoms with Gasteiger partial charge in [0.05, 0.1) is 17.7 Å². The van der Waals surface area contributed by atoms with E-state index >= 15 is 0 Å². The second kappa shape index (κ2) is 6.93. The summed E-state index contributed by atoms with van der Waals surface area (Å²) in [5, 5.41) is 4.69. The van der Waals surface area contributed by atoms with Crippen molar-refractivity contribution in [3.8, 4) is 17.2 Å². The van der Waals surface area contributed by atoms with Crippen LogP contribution in [-0.4, -0.2) is 15.9 Å². The van der Waals surface area contributed by atoms with Crippen molar-refractivity contribution in [2.45, 2.75) is 26.5 Å². The first-order valence-corrected chi connectivity index (χ1v) is 7.99. The lowest BCUT2D eigenvalue weighted by atomic mass is 10.2. The Morgan fingerprint density at radius 2 is 1.96 bits per heavy atom. The van der Waals surface area contributed by atoms with E-state index in [1.54, 1.807) is 18.2 Å². The average Bonchev–Trinajstić information content (AvgIpc) is 2.91. The van der Waals surface area contributed by atoms with Crippen LogP contribution in [0.25, 0.3) is 11.5 Å². The Balaban J connectivity index is 1.87. The largest absolute Gasteiger partial charge is 0.489 e. The molecule has 0 N–H and O–H groups in total. The number of ether oxygens (including phenoxy) is 1. The van der Waals surface area contributed by atoms with E-state index in [9.17, 15) is 4.79 Å². The molecule has 2 aromatic carbocycles. The number of hydrogen-bond donors (Lipinski definition) is 0. The van der Waals surface area contributed by atoms with E-state index in [1.165, 1.54) is 4.68 Å². The highest BCUT2D eigenvalue weighted by Gasteiger charge is 2.13. The molecule has 0 radical (unpaired) electrons. The van der Waals surface area contributed by atoms with Crippen LogP contribution in [0.15, 0.2) is 57.7 Å². The molecule has 0 amide bonds. The molecule has 0 bridgehead atoms. The van der Waals surface area contributed by atoms with Gasteiger partial charge in [0.1, 0.15) is 5.75 Å². The zero-order valence-corrected chi connectivity index (χ0v) is 14.2. The molecule has 0 unspecified atom stereocenters. The van der Waals surface area contributed by atoms with Crippen molar-refractivity contribution in [2.24, 2.45) is 0 Å². The van der Waals surface area contributed by atoms with Crippen LogP contribution in [0.4, 0.5) is 0 Å². The molecule has 1 aromatic heterocycles. The number of rotatable bonds is 5. The quantitative estimate of drug-likeness (QED) is 0.702. The van der Waals surface area contributed by atoms with Gasteiger partial charge in [-0.15, -0.1) is 5.10 Å². The van der Waals surface area contributed by atoms with E-state index < -0.39 is 5.76 Å². The van der Waals surface area contributed by atoms with Crippen molar-refractivity contribution in [3.63, 3.8) is 0 Å². The number of aromatic nitrogens is 2. The van der Waals surface area contributed by atoms with E-state index in [1.807, 2.05) is 44.2 Å². The Hall–Kier alpha value is -2.53. The van der Waals surface area contributed by atoms with Crippen molar-refractivity contribution in [3.05, 3.63) is 69.7 Å². The minimum atomic E-state index is -0.507. The summed E-state index contributed by atoms with van der Waals surface area (Å²) in [4.78, 5) is 12.0. The summed E-state index contributed by atoms with van der Waals surface area (Å²) in [6.07, 6.45) is 0.0244. The number of hydrogen-bond acceptors (Lipinski definition) is 4. The van der Waals surface area contributed by atoms with Gasteiger partial charge in [-0.2, -0.15) is 4.68 Å². The Bertz CT molecular complexity index is 885. The molecule has 0 aliphatic rings. The van der Waals surface area contributed by atoms with Crippen LogP contribution in [0, 0.1) is 0 Å². The maximum Gasteiger partial charge on any atom is 0.437 e. The zero-order chi connectivity index (χ0) is 17.1. The van der Waals surface area contributed by atoms with Crippen LogP contribution in [0.3, 0.4) is 0 Å². The lowest BCUT2D eigenvalue weighted by Gasteiger charge is -2.11. The van der Waals surface area contributed by atoms with Crippen LogP contribution < -0.4 is 10.5 Å². The van der Waals surface area contributed by atoms with E-state index in [0.29, 0.717) is 22.9 Å². The molecule has 0 atom stereocenters. The first-order chi connectivity index (χ1) is 11.5. The van der Waals surface area contributed by atoms with Gasteiger partial charge in [0.25, 0.3) is 0 Å². The van der Waals surface area contributed by atoms with Crippen molar-refractivity contribution < 1.29 is 9.15 Å². The van der Waals surface area contributed by atoms with Crippen LogP contribution in [0.1, 0.15) is 19.4 Å². The maximum atomic E-state index is 12.0. The summed E-state index contributed by atoms with van der Waals surface area (Å²) < 4.78 is 12.1. The lowest BCUT2D eigenvalue weighted by molar-refractivity contribution is 0.242. The van der Waals surface area contributed by atoms with Gasteiger partial charge in [0.15, 0.2) is 0 Å². The molecule has 24 heavy (non-hydrogen) atoms. The number of benzene rings is 2. The predicted molar refractivity (Wildman–Crippen MR) is 92.5 cm³/mol. The fraction of sp³-hybridized carbons (Fsp3) is 0.222. The Kier molecular flexibility index (Phi) is 4.71. The van der Waals surface area contributed by atoms with Gasteiger partial charge >= 0.3 is 5.76 Å². The van der Waals surface area contributed by atoms with Gasteiger partial charge in [-0.1, -0.05) is 41.9 Å². The highest BCUT2D eigenvalue weighted by molar-refractivity contribution is 6.32. The Morgan fingerprint density at radius 3 is 2.62 bits per heavy atom. The summed E-state index contributed by atoms with van der Waals surface area (Å²) in [7, 11) is 0. The summed E-state index contributed by atoms with van der Waals surface area (Å²) in [6.45, 7) is 4.20. The summed E-state index contributed by atoms with van der Waals surface area (Å²) in [5.74, 6) is 0.308. The minimum Gasteiger partial charge on any atom is -0.489 e. The number of halogens is 1. The second-order valence-corrected chi connectivity index (χ2v) is 6.04. The normalized spacial score (nSPS) is 11.0. The third-order valence-corrected chi connectivity index (χ3v) is 3.62. The average molecular weight is 345 g/mol. The molecule has 0 spiro atoms. The molecule has 1 heterocycles. The van der Waals surface area contributed by atoms with E-state index in [2.05, 4.69) is 5.10 Å². The molecule has 0 saturated heterocycles. The van der Waals surface area contributed by atoms with Crippen molar-refractivity contribution in [1.82, 2.24) is 9.78 Å². The Morgan fingerprint density at radius 1 is 1.21 bits per heavy atom. The van der Waals surface area contributed by atoms with Crippen LogP contribution in [-0.2, 0) is 6.54 Å².